The van der Waals surface area contributed by atoms with E-state index in [1.807, 2.05) is 18.2 Å². The Morgan fingerprint density at radius 3 is 2.77 bits per heavy atom. The van der Waals surface area contributed by atoms with Gasteiger partial charge in [0.25, 0.3) is 0 Å². The van der Waals surface area contributed by atoms with Gasteiger partial charge in [0.1, 0.15) is 0 Å². The van der Waals surface area contributed by atoms with Gasteiger partial charge in [-0.25, -0.2) is 0 Å². The van der Waals surface area contributed by atoms with Gasteiger partial charge in [-0.3, -0.25) is 0 Å². The van der Waals surface area contributed by atoms with Crippen molar-refractivity contribution in [1.82, 2.24) is 5.32 Å². The molecule has 0 aliphatic rings. The van der Waals surface area contributed by atoms with Crippen molar-refractivity contribution in [2.24, 2.45) is 0 Å². The van der Waals surface area contributed by atoms with Gasteiger partial charge < -0.3 is 10.4 Å². The predicted octanol–water partition coefficient (Wildman–Crippen LogP) is 2.36. The Balaban J connectivity index is 3.10. The van der Waals surface area contributed by atoms with Crippen molar-refractivity contribution in [3.63, 3.8) is 0 Å². The van der Waals surface area contributed by atoms with E-state index in [0.717, 1.165) is 10.0 Å². The zero-order chi connectivity index (χ0) is 9.84. The number of benzene rings is 1. The summed E-state index contributed by atoms with van der Waals surface area (Å²) in [5.74, 6) is 0. The second kappa shape index (κ2) is 4.96. The molecular weight excluding hydrogens is 253 g/mol. The van der Waals surface area contributed by atoms with Crippen molar-refractivity contribution in [2.45, 2.75) is 6.04 Å². The van der Waals surface area contributed by atoms with E-state index in [0.29, 0.717) is 5.02 Å². The van der Waals surface area contributed by atoms with E-state index in [4.69, 9.17) is 16.7 Å². The van der Waals surface area contributed by atoms with Crippen LogP contribution in [-0.2, 0) is 0 Å². The van der Waals surface area contributed by atoms with Gasteiger partial charge in [-0.15, -0.1) is 0 Å². The summed E-state index contributed by atoms with van der Waals surface area (Å²) in [5, 5.41) is 12.7. The third-order valence-electron chi connectivity index (χ3n) is 1.88. The Kier molecular flexibility index (Phi) is 4.19. The zero-order valence-electron chi connectivity index (χ0n) is 7.22. The Morgan fingerprint density at radius 2 is 2.31 bits per heavy atom. The molecule has 0 saturated heterocycles. The Morgan fingerprint density at radius 1 is 1.62 bits per heavy atom. The zero-order valence-corrected chi connectivity index (χ0v) is 9.56. The molecule has 0 aliphatic carbocycles. The third kappa shape index (κ3) is 2.44. The fourth-order valence-corrected chi connectivity index (χ4v) is 2.23. The summed E-state index contributed by atoms with van der Waals surface area (Å²) in [7, 11) is 1.79. The standard InChI is InChI=1S/C9H11BrClNO/c1-12-8(5-13)9-6(10)3-2-4-7(9)11/h2-4,8,12-13H,5H2,1H3. The van der Waals surface area contributed by atoms with Gasteiger partial charge in [0.15, 0.2) is 0 Å². The highest BCUT2D eigenvalue weighted by atomic mass is 79.9. The van der Waals surface area contributed by atoms with Crippen molar-refractivity contribution in [2.75, 3.05) is 13.7 Å². The van der Waals surface area contributed by atoms with E-state index < -0.39 is 0 Å². The fraction of sp³-hybridized carbons (Fsp3) is 0.333. The van der Waals surface area contributed by atoms with Crippen LogP contribution in [0.3, 0.4) is 0 Å². The first-order chi connectivity index (χ1) is 6.20. The number of halogens is 2. The van der Waals surface area contributed by atoms with Gasteiger partial charge in [0, 0.05) is 15.1 Å². The van der Waals surface area contributed by atoms with Gasteiger partial charge >= 0.3 is 0 Å². The summed E-state index contributed by atoms with van der Waals surface area (Å²) >= 11 is 9.39. The van der Waals surface area contributed by atoms with E-state index in [-0.39, 0.29) is 12.6 Å². The lowest BCUT2D eigenvalue weighted by Crippen LogP contribution is -2.20. The van der Waals surface area contributed by atoms with Crippen LogP contribution in [-0.4, -0.2) is 18.8 Å². The maximum atomic E-state index is 9.09. The molecule has 1 aromatic carbocycles. The van der Waals surface area contributed by atoms with Crippen LogP contribution < -0.4 is 5.32 Å². The van der Waals surface area contributed by atoms with Gasteiger partial charge in [0.05, 0.1) is 12.6 Å². The quantitative estimate of drug-likeness (QED) is 0.878. The molecular formula is C9H11BrClNO. The number of aliphatic hydroxyl groups excluding tert-OH is 1. The van der Waals surface area contributed by atoms with Gasteiger partial charge in [-0.05, 0) is 19.2 Å². The molecule has 0 spiro atoms. The number of hydrogen-bond acceptors (Lipinski definition) is 2. The first-order valence-electron chi connectivity index (χ1n) is 3.92. The molecule has 0 aromatic heterocycles. The van der Waals surface area contributed by atoms with Crippen molar-refractivity contribution in [1.29, 1.82) is 0 Å². The number of nitrogens with one attached hydrogen (secondary N) is 1. The van der Waals surface area contributed by atoms with Crippen LogP contribution in [0, 0.1) is 0 Å². The highest BCUT2D eigenvalue weighted by molar-refractivity contribution is 9.10. The molecule has 0 amide bonds. The SMILES string of the molecule is CNC(CO)c1c(Cl)cccc1Br. The molecule has 0 saturated carbocycles. The number of likely N-dealkylation sites (N-methyl/N-ethyl adjacent to an activating group) is 1. The van der Waals surface area contributed by atoms with Crippen molar-refractivity contribution < 1.29 is 5.11 Å². The largest absolute Gasteiger partial charge is 0.394 e. The van der Waals surface area contributed by atoms with Crippen LogP contribution in [0.15, 0.2) is 22.7 Å². The van der Waals surface area contributed by atoms with Crippen molar-refractivity contribution in [3.8, 4) is 0 Å². The van der Waals surface area contributed by atoms with E-state index in [1.54, 1.807) is 7.05 Å². The third-order valence-corrected chi connectivity index (χ3v) is 2.90. The molecule has 4 heteroatoms. The topological polar surface area (TPSA) is 32.3 Å². The average Bonchev–Trinajstić information content (AvgIpc) is 2.11. The van der Waals surface area contributed by atoms with Gasteiger partial charge in [-0.2, -0.15) is 0 Å². The van der Waals surface area contributed by atoms with Crippen LogP contribution in [0.5, 0.6) is 0 Å². The Labute approximate surface area is 91.0 Å². The lowest BCUT2D eigenvalue weighted by Gasteiger charge is -2.16. The summed E-state index contributed by atoms with van der Waals surface area (Å²) in [5.41, 5.74) is 0.897. The molecule has 0 bridgehead atoms. The summed E-state index contributed by atoms with van der Waals surface area (Å²) in [4.78, 5) is 0. The summed E-state index contributed by atoms with van der Waals surface area (Å²) in [6.07, 6.45) is 0. The maximum absolute atomic E-state index is 9.09. The highest BCUT2D eigenvalue weighted by Crippen LogP contribution is 2.29. The minimum absolute atomic E-state index is 0.0266. The van der Waals surface area contributed by atoms with Crippen LogP contribution in [0.2, 0.25) is 5.02 Å². The van der Waals surface area contributed by atoms with E-state index >= 15 is 0 Å². The number of hydrogen-bond donors (Lipinski definition) is 2. The summed E-state index contributed by atoms with van der Waals surface area (Å²) < 4.78 is 0.911. The molecule has 0 radical (unpaired) electrons. The van der Waals surface area contributed by atoms with Crippen LogP contribution in [0.4, 0.5) is 0 Å². The minimum atomic E-state index is -0.122. The molecule has 1 atom stereocenters. The molecule has 0 fully saturated rings. The van der Waals surface area contributed by atoms with Crippen LogP contribution in [0.25, 0.3) is 0 Å². The molecule has 72 valence electrons. The van der Waals surface area contributed by atoms with Gasteiger partial charge in [0.2, 0.25) is 0 Å². The van der Waals surface area contributed by atoms with Crippen LogP contribution in [0.1, 0.15) is 11.6 Å². The predicted molar refractivity (Wildman–Crippen MR) is 58.0 cm³/mol. The number of rotatable bonds is 3. The Bertz CT molecular complexity index is 269. The lowest BCUT2D eigenvalue weighted by atomic mass is 10.1. The first kappa shape index (κ1) is 11.0. The smallest absolute Gasteiger partial charge is 0.0627 e. The Hall–Kier alpha value is -0.0900. The van der Waals surface area contributed by atoms with Gasteiger partial charge in [-0.1, -0.05) is 33.6 Å². The van der Waals surface area contributed by atoms with Crippen molar-refractivity contribution in [3.05, 3.63) is 33.3 Å². The van der Waals surface area contributed by atoms with E-state index in [1.165, 1.54) is 0 Å². The summed E-state index contributed by atoms with van der Waals surface area (Å²) in [6, 6.07) is 5.45. The molecule has 2 nitrogen and oxygen atoms in total. The normalized spacial score (nSPS) is 12.9. The fourth-order valence-electron chi connectivity index (χ4n) is 1.17. The molecule has 2 N–H and O–H groups in total. The average molecular weight is 265 g/mol. The maximum Gasteiger partial charge on any atom is 0.0627 e. The lowest BCUT2D eigenvalue weighted by molar-refractivity contribution is 0.250. The monoisotopic (exact) mass is 263 g/mol. The molecule has 1 rings (SSSR count). The molecule has 1 unspecified atom stereocenters. The summed E-state index contributed by atoms with van der Waals surface area (Å²) in [6.45, 7) is 0.0266. The number of aliphatic hydroxyl groups is 1. The second-order valence-electron chi connectivity index (χ2n) is 2.66. The van der Waals surface area contributed by atoms with Crippen LogP contribution >= 0.6 is 27.5 Å². The molecule has 1 aromatic rings. The van der Waals surface area contributed by atoms with E-state index in [2.05, 4.69) is 21.2 Å². The molecule has 13 heavy (non-hydrogen) atoms. The van der Waals surface area contributed by atoms with Crippen molar-refractivity contribution >= 4 is 27.5 Å². The molecule has 0 aliphatic heterocycles. The van der Waals surface area contributed by atoms with E-state index in [9.17, 15) is 0 Å². The highest BCUT2D eigenvalue weighted by Gasteiger charge is 2.14. The minimum Gasteiger partial charge on any atom is -0.394 e. The first-order valence-corrected chi connectivity index (χ1v) is 5.09. The molecule has 0 heterocycles. The second-order valence-corrected chi connectivity index (χ2v) is 3.92.